The number of nitrogens with zero attached hydrogens (tertiary/aromatic N) is 2. The van der Waals surface area contributed by atoms with Crippen molar-refractivity contribution in [2.45, 2.75) is 43.9 Å². The number of carbonyl (C=O) groups excluding carboxylic acids is 1. The van der Waals surface area contributed by atoms with Crippen molar-refractivity contribution in [3.63, 3.8) is 0 Å². The monoisotopic (exact) mass is 371 g/mol. The molecule has 0 unspecified atom stereocenters. The van der Waals surface area contributed by atoms with Crippen LogP contribution < -0.4 is 5.32 Å². The van der Waals surface area contributed by atoms with Crippen molar-refractivity contribution in [2.24, 2.45) is 5.92 Å². The Hall–Kier alpha value is -2.16. The maximum atomic E-state index is 12.7. The molecule has 0 aliphatic heterocycles. The van der Waals surface area contributed by atoms with Crippen LogP contribution in [0.1, 0.15) is 41.6 Å². The Labute approximate surface area is 148 Å². The summed E-state index contributed by atoms with van der Waals surface area (Å²) >= 11 is 0. The van der Waals surface area contributed by atoms with E-state index in [4.69, 9.17) is 5.11 Å². The maximum absolute atomic E-state index is 12.7. The number of aliphatic carboxylic acids is 1. The smallest absolute Gasteiger partial charge is 0.417 e. The van der Waals surface area contributed by atoms with Crippen LogP contribution in [0.2, 0.25) is 0 Å². The second kappa shape index (κ2) is 7.22. The molecule has 0 saturated heterocycles. The summed E-state index contributed by atoms with van der Waals surface area (Å²) in [5.74, 6) is -0.925. The van der Waals surface area contributed by atoms with E-state index in [1.165, 1.54) is 0 Å². The molecule has 142 valence electrons. The van der Waals surface area contributed by atoms with Gasteiger partial charge in [-0.05, 0) is 37.7 Å². The van der Waals surface area contributed by atoms with Crippen LogP contribution in [-0.4, -0.2) is 52.0 Å². The maximum Gasteiger partial charge on any atom is 0.417 e. The minimum absolute atomic E-state index is 0.0284. The highest BCUT2D eigenvalue weighted by molar-refractivity contribution is 5.94. The lowest BCUT2D eigenvalue weighted by molar-refractivity contribution is -0.140. The Kier molecular flexibility index (Phi) is 5.17. The molecule has 0 radical (unpaired) electrons. The van der Waals surface area contributed by atoms with Gasteiger partial charge < -0.3 is 10.4 Å². The van der Waals surface area contributed by atoms with Crippen molar-refractivity contribution in [2.75, 3.05) is 13.1 Å². The number of rotatable bonds is 7. The summed E-state index contributed by atoms with van der Waals surface area (Å²) in [5, 5.41) is 11.7. The van der Waals surface area contributed by atoms with Gasteiger partial charge in [0, 0.05) is 31.0 Å². The fourth-order valence-corrected chi connectivity index (χ4v) is 3.14. The number of alkyl halides is 3. The van der Waals surface area contributed by atoms with E-state index in [0.717, 1.165) is 31.6 Å². The number of halogens is 3. The van der Waals surface area contributed by atoms with E-state index in [2.05, 4.69) is 10.3 Å². The van der Waals surface area contributed by atoms with Crippen LogP contribution in [0.25, 0.3) is 0 Å². The molecule has 0 atom stereocenters. The van der Waals surface area contributed by atoms with E-state index in [9.17, 15) is 22.8 Å². The van der Waals surface area contributed by atoms with Crippen LogP contribution in [0, 0.1) is 5.92 Å². The number of aromatic nitrogens is 1. The first-order valence-electron chi connectivity index (χ1n) is 8.51. The van der Waals surface area contributed by atoms with Gasteiger partial charge in [-0.15, -0.1) is 0 Å². The summed E-state index contributed by atoms with van der Waals surface area (Å²) < 4.78 is 38.1. The summed E-state index contributed by atoms with van der Waals surface area (Å²) in [7, 11) is 0. The molecule has 3 rings (SSSR count). The Bertz CT molecular complexity index is 685. The van der Waals surface area contributed by atoms with Crippen LogP contribution in [0.3, 0.4) is 0 Å². The molecular formula is C17H20F3N3O3. The summed E-state index contributed by atoms with van der Waals surface area (Å²) in [6.45, 7) is 0.717. The first-order valence-corrected chi connectivity index (χ1v) is 8.51. The lowest BCUT2D eigenvalue weighted by Gasteiger charge is -2.42. The van der Waals surface area contributed by atoms with Crippen molar-refractivity contribution in [3.8, 4) is 0 Å². The molecule has 1 aromatic rings. The summed E-state index contributed by atoms with van der Waals surface area (Å²) in [6, 6.07) is 0.691. The van der Waals surface area contributed by atoms with Gasteiger partial charge in [0.25, 0.3) is 5.91 Å². The molecule has 26 heavy (non-hydrogen) atoms. The average molecular weight is 371 g/mol. The van der Waals surface area contributed by atoms with E-state index in [1.54, 1.807) is 0 Å². The molecule has 0 spiro atoms. The molecule has 1 heterocycles. The minimum Gasteiger partial charge on any atom is -0.480 e. The number of hydrogen-bond donors (Lipinski definition) is 2. The van der Waals surface area contributed by atoms with Crippen LogP contribution in [0.5, 0.6) is 0 Å². The number of carboxylic acids is 1. The number of carboxylic acid groups (broad SMARTS) is 1. The van der Waals surface area contributed by atoms with Crippen molar-refractivity contribution in [1.29, 1.82) is 0 Å². The molecule has 0 bridgehead atoms. The molecule has 2 aliphatic rings. The largest absolute Gasteiger partial charge is 0.480 e. The second-order valence-electron chi connectivity index (χ2n) is 7.02. The first kappa shape index (κ1) is 18.6. The Balaban J connectivity index is 1.53. The third-order valence-electron chi connectivity index (χ3n) is 4.82. The molecular weight excluding hydrogens is 351 g/mol. The topological polar surface area (TPSA) is 82.5 Å². The zero-order chi connectivity index (χ0) is 18.9. The second-order valence-corrected chi connectivity index (χ2v) is 7.02. The minimum atomic E-state index is -4.55. The molecule has 2 fully saturated rings. The highest BCUT2D eigenvalue weighted by Gasteiger charge is 2.38. The molecule has 2 N–H and O–H groups in total. The van der Waals surface area contributed by atoms with Crippen LogP contribution in [-0.2, 0) is 11.0 Å². The van der Waals surface area contributed by atoms with Gasteiger partial charge in [-0.25, -0.2) is 0 Å². The van der Waals surface area contributed by atoms with Crippen LogP contribution in [0.15, 0.2) is 18.5 Å². The predicted octanol–water partition coefficient (Wildman–Crippen LogP) is 2.16. The fraction of sp³-hybridized carbons (Fsp3) is 0.588. The predicted molar refractivity (Wildman–Crippen MR) is 85.4 cm³/mol. The van der Waals surface area contributed by atoms with Gasteiger partial charge in [0.2, 0.25) is 0 Å². The van der Waals surface area contributed by atoms with Crippen LogP contribution >= 0.6 is 0 Å². The number of carbonyl (C=O) groups is 2. The molecule has 9 heteroatoms. The van der Waals surface area contributed by atoms with Gasteiger partial charge in [-0.1, -0.05) is 0 Å². The summed E-state index contributed by atoms with van der Waals surface area (Å²) in [6.07, 6.45) is 0.653. The molecule has 1 aromatic heterocycles. The molecule has 0 aromatic carbocycles. The van der Waals surface area contributed by atoms with E-state index >= 15 is 0 Å². The van der Waals surface area contributed by atoms with Crippen molar-refractivity contribution < 1.29 is 27.9 Å². The first-order chi connectivity index (χ1) is 12.2. The lowest BCUT2D eigenvalue weighted by atomic mass is 9.85. The van der Waals surface area contributed by atoms with Gasteiger partial charge in [0.1, 0.15) is 0 Å². The zero-order valence-corrected chi connectivity index (χ0v) is 14.0. The quantitative estimate of drug-likeness (QED) is 0.768. The number of hydrogen-bond acceptors (Lipinski definition) is 4. The van der Waals surface area contributed by atoms with Crippen molar-refractivity contribution in [3.05, 3.63) is 29.6 Å². The van der Waals surface area contributed by atoms with Gasteiger partial charge in [0.05, 0.1) is 17.7 Å². The molecule has 2 saturated carbocycles. The Morgan fingerprint density at radius 2 is 1.96 bits per heavy atom. The Morgan fingerprint density at radius 1 is 1.27 bits per heavy atom. The standard InChI is InChI=1S/C17H20F3N3O3/c18-17(19,20)12-3-11(6-21-7-12)16(26)22-13-4-14(5-13)23(9-15(24)25)8-10-1-2-10/h3,6-7,10,13-14H,1-2,4-5,8-9H2,(H,22,26)(H,24,25). The fourth-order valence-electron chi connectivity index (χ4n) is 3.14. The van der Waals surface area contributed by atoms with Gasteiger partial charge >= 0.3 is 12.1 Å². The molecule has 1 amide bonds. The molecule has 6 nitrogen and oxygen atoms in total. The van der Waals surface area contributed by atoms with E-state index < -0.39 is 23.6 Å². The van der Waals surface area contributed by atoms with E-state index in [-0.39, 0.29) is 24.2 Å². The third-order valence-corrected chi connectivity index (χ3v) is 4.82. The Morgan fingerprint density at radius 3 is 2.54 bits per heavy atom. The van der Waals surface area contributed by atoms with Gasteiger partial charge in [-0.3, -0.25) is 19.5 Å². The zero-order valence-electron chi connectivity index (χ0n) is 14.0. The number of nitrogens with one attached hydrogen (secondary N) is 1. The average Bonchev–Trinajstić information content (AvgIpc) is 3.32. The van der Waals surface area contributed by atoms with E-state index in [0.29, 0.717) is 25.0 Å². The highest BCUT2D eigenvalue weighted by Crippen LogP contribution is 2.34. The van der Waals surface area contributed by atoms with E-state index in [1.807, 2.05) is 4.90 Å². The number of pyridine rings is 1. The van der Waals surface area contributed by atoms with Gasteiger partial charge in [-0.2, -0.15) is 13.2 Å². The normalized spacial score (nSPS) is 22.8. The van der Waals surface area contributed by atoms with Crippen LogP contribution in [0.4, 0.5) is 13.2 Å². The lowest BCUT2D eigenvalue weighted by Crippen LogP contribution is -2.55. The summed E-state index contributed by atoms with van der Waals surface area (Å²) in [5.41, 5.74) is -1.10. The van der Waals surface area contributed by atoms with Crippen molar-refractivity contribution in [1.82, 2.24) is 15.2 Å². The number of amides is 1. The third kappa shape index (κ3) is 4.72. The SMILES string of the molecule is O=C(O)CN(CC1CC1)C1CC(NC(=O)c2cncc(C(F)(F)F)c2)C1. The van der Waals surface area contributed by atoms with Crippen molar-refractivity contribution >= 4 is 11.9 Å². The molecule has 2 aliphatic carbocycles. The highest BCUT2D eigenvalue weighted by atomic mass is 19.4. The van der Waals surface area contributed by atoms with Gasteiger partial charge in [0.15, 0.2) is 0 Å². The summed E-state index contributed by atoms with van der Waals surface area (Å²) in [4.78, 5) is 28.6.